The zero-order valence-corrected chi connectivity index (χ0v) is 13.9. The Labute approximate surface area is 149 Å². The standard InChI is InChI=1S/C18H16N2O6/c1-24-18(23)11-2-5-13(6-3-11)20-16(21)9-19-17(22)12-4-7-14-15(8-12)26-10-25-14/h2-8H,9-10H2,1H3,(H,19,22)(H,20,21). The van der Waals surface area contributed by atoms with Gasteiger partial charge in [-0.25, -0.2) is 4.79 Å². The molecular formula is C18H16N2O6. The fraction of sp³-hybridized carbons (Fsp3) is 0.167. The number of hydrogen-bond donors (Lipinski definition) is 2. The van der Waals surface area contributed by atoms with E-state index in [1.165, 1.54) is 19.2 Å². The van der Waals surface area contributed by atoms with Gasteiger partial charge >= 0.3 is 5.97 Å². The SMILES string of the molecule is COC(=O)c1ccc(NC(=O)CNC(=O)c2ccc3c(c2)OCO3)cc1. The summed E-state index contributed by atoms with van der Waals surface area (Å²) < 4.78 is 15.0. The number of esters is 1. The monoisotopic (exact) mass is 356 g/mol. The van der Waals surface area contributed by atoms with Crippen LogP contribution in [0.15, 0.2) is 42.5 Å². The first-order chi connectivity index (χ1) is 12.6. The van der Waals surface area contributed by atoms with Crippen LogP contribution in [0.4, 0.5) is 5.69 Å². The molecule has 8 heteroatoms. The molecule has 2 aromatic rings. The van der Waals surface area contributed by atoms with Crippen molar-refractivity contribution in [2.24, 2.45) is 0 Å². The van der Waals surface area contributed by atoms with Gasteiger partial charge in [0.15, 0.2) is 11.5 Å². The lowest BCUT2D eigenvalue weighted by Crippen LogP contribution is -2.32. The molecule has 0 aromatic heterocycles. The summed E-state index contributed by atoms with van der Waals surface area (Å²) in [6.45, 7) is -0.0798. The summed E-state index contributed by atoms with van der Waals surface area (Å²) >= 11 is 0. The zero-order valence-electron chi connectivity index (χ0n) is 13.9. The van der Waals surface area contributed by atoms with Crippen LogP contribution >= 0.6 is 0 Å². The molecule has 0 radical (unpaired) electrons. The Kier molecular flexibility index (Phi) is 5.02. The van der Waals surface area contributed by atoms with E-state index in [1.807, 2.05) is 0 Å². The first-order valence-corrected chi connectivity index (χ1v) is 7.73. The highest BCUT2D eigenvalue weighted by Gasteiger charge is 2.16. The van der Waals surface area contributed by atoms with E-state index in [2.05, 4.69) is 15.4 Å². The summed E-state index contributed by atoms with van der Waals surface area (Å²) in [6, 6.07) is 11.0. The van der Waals surface area contributed by atoms with Crippen molar-refractivity contribution in [3.05, 3.63) is 53.6 Å². The lowest BCUT2D eigenvalue weighted by molar-refractivity contribution is -0.115. The van der Waals surface area contributed by atoms with Crippen LogP contribution in [0, 0.1) is 0 Å². The molecule has 1 heterocycles. The first-order valence-electron chi connectivity index (χ1n) is 7.73. The molecule has 2 amide bonds. The number of benzene rings is 2. The van der Waals surface area contributed by atoms with Crippen molar-refractivity contribution < 1.29 is 28.6 Å². The Balaban J connectivity index is 1.52. The summed E-state index contributed by atoms with van der Waals surface area (Å²) in [5.74, 6) is -0.189. The summed E-state index contributed by atoms with van der Waals surface area (Å²) in [5, 5.41) is 5.15. The maximum absolute atomic E-state index is 12.1. The molecule has 0 fully saturated rings. The number of fused-ring (bicyclic) bond motifs is 1. The average Bonchev–Trinajstić information content (AvgIpc) is 3.13. The minimum atomic E-state index is -0.459. The van der Waals surface area contributed by atoms with Crippen LogP contribution in [0.2, 0.25) is 0 Å². The Hall–Kier alpha value is -3.55. The predicted molar refractivity (Wildman–Crippen MR) is 91.3 cm³/mol. The maximum Gasteiger partial charge on any atom is 0.337 e. The van der Waals surface area contributed by atoms with Crippen LogP contribution in [0.5, 0.6) is 11.5 Å². The van der Waals surface area contributed by atoms with Gasteiger partial charge < -0.3 is 24.8 Å². The van der Waals surface area contributed by atoms with Crippen LogP contribution in [-0.2, 0) is 9.53 Å². The van der Waals surface area contributed by atoms with Crippen molar-refractivity contribution in [1.82, 2.24) is 5.32 Å². The third-order valence-corrected chi connectivity index (χ3v) is 3.63. The Bertz CT molecular complexity index is 847. The van der Waals surface area contributed by atoms with Gasteiger partial charge in [-0.3, -0.25) is 9.59 Å². The predicted octanol–water partition coefficient (Wildman–Crippen LogP) is 1.57. The second-order valence-corrected chi connectivity index (χ2v) is 5.37. The lowest BCUT2D eigenvalue weighted by Gasteiger charge is -2.08. The molecule has 1 aliphatic heterocycles. The van der Waals surface area contributed by atoms with Gasteiger partial charge in [0.25, 0.3) is 5.91 Å². The van der Waals surface area contributed by atoms with Crippen molar-refractivity contribution in [3.63, 3.8) is 0 Å². The third kappa shape index (κ3) is 3.92. The van der Waals surface area contributed by atoms with E-state index < -0.39 is 17.8 Å². The van der Waals surface area contributed by atoms with Crippen LogP contribution in [0.25, 0.3) is 0 Å². The lowest BCUT2D eigenvalue weighted by atomic mass is 10.2. The van der Waals surface area contributed by atoms with Gasteiger partial charge in [-0.15, -0.1) is 0 Å². The highest BCUT2D eigenvalue weighted by atomic mass is 16.7. The number of ether oxygens (including phenoxy) is 3. The number of nitrogens with one attached hydrogen (secondary N) is 2. The largest absolute Gasteiger partial charge is 0.465 e. The second-order valence-electron chi connectivity index (χ2n) is 5.37. The molecule has 3 rings (SSSR count). The number of anilines is 1. The fourth-order valence-corrected chi connectivity index (χ4v) is 2.31. The van der Waals surface area contributed by atoms with E-state index in [0.717, 1.165) is 0 Å². The maximum atomic E-state index is 12.1. The van der Waals surface area contributed by atoms with Crippen LogP contribution in [0.1, 0.15) is 20.7 Å². The quantitative estimate of drug-likeness (QED) is 0.789. The molecule has 0 bridgehead atoms. The zero-order chi connectivity index (χ0) is 18.5. The van der Waals surface area contributed by atoms with Gasteiger partial charge in [-0.2, -0.15) is 0 Å². The molecule has 0 atom stereocenters. The van der Waals surface area contributed by atoms with E-state index in [-0.39, 0.29) is 13.3 Å². The minimum Gasteiger partial charge on any atom is -0.465 e. The Morgan fingerprint density at radius 2 is 1.69 bits per heavy atom. The normalized spacial score (nSPS) is 11.6. The van der Waals surface area contributed by atoms with Crippen molar-refractivity contribution in [2.75, 3.05) is 25.8 Å². The van der Waals surface area contributed by atoms with Crippen molar-refractivity contribution in [3.8, 4) is 11.5 Å². The van der Waals surface area contributed by atoms with E-state index >= 15 is 0 Å². The molecular weight excluding hydrogens is 340 g/mol. The Morgan fingerprint density at radius 3 is 2.42 bits per heavy atom. The molecule has 0 unspecified atom stereocenters. The van der Waals surface area contributed by atoms with Gasteiger partial charge in [-0.1, -0.05) is 0 Å². The summed E-state index contributed by atoms with van der Waals surface area (Å²) in [7, 11) is 1.29. The van der Waals surface area contributed by atoms with Crippen molar-refractivity contribution in [2.45, 2.75) is 0 Å². The smallest absolute Gasteiger partial charge is 0.337 e. The second kappa shape index (κ2) is 7.56. The molecule has 0 saturated carbocycles. The summed E-state index contributed by atoms with van der Waals surface area (Å²) in [6.07, 6.45) is 0. The molecule has 1 aliphatic rings. The highest BCUT2D eigenvalue weighted by Crippen LogP contribution is 2.32. The molecule has 0 spiro atoms. The summed E-state index contributed by atoms with van der Waals surface area (Å²) in [4.78, 5) is 35.4. The average molecular weight is 356 g/mol. The van der Waals surface area contributed by atoms with E-state index in [4.69, 9.17) is 9.47 Å². The van der Waals surface area contributed by atoms with Crippen molar-refractivity contribution >= 4 is 23.5 Å². The number of carbonyl (C=O) groups is 3. The molecule has 26 heavy (non-hydrogen) atoms. The Morgan fingerprint density at radius 1 is 1.00 bits per heavy atom. The fourth-order valence-electron chi connectivity index (χ4n) is 2.31. The minimum absolute atomic E-state index is 0.123. The molecule has 0 saturated heterocycles. The summed E-state index contributed by atoms with van der Waals surface area (Å²) in [5.41, 5.74) is 1.24. The first kappa shape index (κ1) is 17.3. The van der Waals surface area contributed by atoms with E-state index in [1.54, 1.807) is 30.3 Å². The number of methoxy groups -OCH3 is 1. The van der Waals surface area contributed by atoms with Gasteiger partial charge in [0.2, 0.25) is 12.7 Å². The number of amides is 2. The molecule has 0 aliphatic carbocycles. The van der Waals surface area contributed by atoms with E-state index in [0.29, 0.717) is 28.3 Å². The molecule has 134 valence electrons. The van der Waals surface area contributed by atoms with Crippen LogP contribution in [-0.4, -0.2) is 38.2 Å². The van der Waals surface area contributed by atoms with Gasteiger partial charge in [0, 0.05) is 11.3 Å². The highest BCUT2D eigenvalue weighted by molar-refractivity contribution is 6.00. The van der Waals surface area contributed by atoms with Crippen LogP contribution in [0.3, 0.4) is 0 Å². The number of hydrogen-bond acceptors (Lipinski definition) is 6. The van der Waals surface area contributed by atoms with E-state index in [9.17, 15) is 14.4 Å². The van der Waals surface area contributed by atoms with Gasteiger partial charge in [0.05, 0.1) is 19.2 Å². The van der Waals surface area contributed by atoms with Crippen LogP contribution < -0.4 is 20.1 Å². The number of carbonyl (C=O) groups excluding carboxylic acids is 3. The van der Waals surface area contributed by atoms with Crippen molar-refractivity contribution in [1.29, 1.82) is 0 Å². The molecule has 2 N–H and O–H groups in total. The van der Waals surface area contributed by atoms with Gasteiger partial charge in [0.1, 0.15) is 0 Å². The number of rotatable bonds is 5. The van der Waals surface area contributed by atoms with Gasteiger partial charge in [-0.05, 0) is 42.5 Å². The molecule has 8 nitrogen and oxygen atoms in total. The topological polar surface area (TPSA) is 103 Å². The third-order valence-electron chi connectivity index (χ3n) is 3.63. The molecule has 2 aromatic carbocycles.